The van der Waals surface area contributed by atoms with Gasteiger partial charge in [0.05, 0.1) is 18.4 Å². The molecule has 0 aliphatic carbocycles. The molecule has 0 bridgehead atoms. The summed E-state index contributed by atoms with van der Waals surface area (Å²) in [4.78, 5) is 17.1. The van der Waals surface area contributed by atoms with Crippen LogP contribution in [0.3, 0.4) is 0 Å². The van der Waals surface area contributed by atoms with Crippen molar-refractivity contribution in [2.45, 2.75) is 56.2 Å². The van der Waals surface area contributed by atoms with Gasteiger partial charge >= 0.3 is 0 Å². The summed E-state index contributed by atoms with van der Waals surface area (Å²) in [6.45, 7) is 5.97. The predicted octanol–water partition coefficient (Wildman–Crippen LogP) is 1.82. The average molecular weight is 434 g/mol. The third-order valence-corrected chi connectivity index (χ3v) is 6.55. The highest BCUT2D eigenvalue weighted by Crippen LogP contribution is 2.29. The Morgan fingerprint density at radius 1 is 1.13 bits per heavy atom. The molecule has 0 radical (unpaired) electrons. The van der Waals surface area contributed by atoms with E-state index in [1.54, 1.807) is 11.8 Å². The Kier molecular flexibility index (Phi) is 6.57. The number of rotatable bonds is 7. The second-order valence-electron chi connectivity index (χ2n) is 8.29. The van der Waals surface area contributed by atoms with Crippen LogP contribution in [0.4, 0.5) is 17.8 Å². The number of ether oxygens (including phenoxy) is 1. The van der Waals surface area contributed by atoms with Crippen molar-refractivity contribution in [1.82, 2.24) is 29.7 Å². The van der Waals surface area contributed by atoms with E-state index in [0.29, 0.717) is 17.5 Å². The van der Waals surface area contributed by atoms with Crippen LogP contribution in [-0.4, -0.2) is 69.6 Å². The Balaban J connectivity index is 1.53. The molecule has 10 nitrogen and oxygen atoms in total. The van der Waals surface area contributed by atoms with Gasteiger partial charge in [0, 0.05) is 33.8 Å². The van der Waals surface area contributed by atoms with Crippen molar-refractivity contribution in [3.8, 4) is 0 Å². The number of nitrogens with zero attached hydrogens (tertiary/aromatic N) is 8. The Bertz CT molecular complexity index is 845. The van der Waals surface area contributed by atoms with Crippen molar-refractivity contribution in [2.24, 2.45) is 5.92 Å². The molecule has 2 aromatic heterocycles. The molecule has 0 spiro atoms. The van der Waals surface area contributed by atoms with Crippen molar-refractivity contribution >= 4 is 29.6 Å². The van der Waals surface area contributed by atoms with Crippen LogP contribution in [0.5, 0.6) is 0 Å². The van der Waals surface area contributed by atoms with Crippen molar-refractivity contribution in [2.75, 3.05) is 49.3 Å². The first-order valence-electron chi connectivity index (χ1n) is 10.6. The van der Waals surface area contributed by atoms with Gasteiger partial charge in [-0.05, 0) is 31.6 Å². The molecule has 2 saturated heterocycles. The molecule has 0 aromatic carbocycles. The summed E-state index contributed by atoms with van der Waals surface area (Å²) in [6, 6.07) is 0. The summed E-state index contributed by atoms with van der Waals surface area (Å²) in [5, 5.41) is 9.94. The van der Waals surface area contributed by atoms with Crippen molar-refractivity contribution in [3.05, 3.63) is 5.82 Å². The Hall–Kier alpha value is -2.14. The van der Waals surface area contributed by atoms with Gasteiger partial charge in [-0.25, -0.2) is 0 Å². The standard InChI is InChI=1S/C19H31N9OS/c1-13-6-8-27(9-7-13)18-24-25-19(28(18)11-14-5-4-10-29-14)30-12-15-21-16(20)23-17(22-15)26(2)3/h13-14H,4-12H2,1-3H3,(H2,20,21,22,23). The SMILES string of the molecule is CC1CCN(c2nnc(SCc3nc(N)nc(N(C)C)n3)n2CC2CCCO2)CC1. The van der Waals surface area contributed by atoms with E-state index in [4.69, 9.17) is 10.5 Å². The minimum Gasteiger partial charge on any atom is -0.376 e. The summed E-state index contributed by atoms with van der Waals surface area (Å²) in [5.74, 6) is 3.69. The summed E-state index contributed by atoms with van der Waals surface area (Å²) in [6.07, 6.45) is 4.79. The molecule has 2 aromatic rings. The molecule has 2 fully saturated rings. The minimum absolute atomic E-state index is 0.218. The molecule has 0 amide bonds. The molecule has 1 unspecified atom stereocenters. The summed E-state index contributed by atoms with van der Waals surface area (Å²) in [5.41, 5.74) is 5.86. The highest BCUT2D eigenvalue weighted by molar-refractivity contribution is 7.98. The lowest BCUT2D eigenvalue weighted by Crippen LogP contribution is -2.35. The molecule has 0 saturated carbocycles. The monoisotopic (exact) mass is 433 g/mol. The zero-order valence-electron chi connectivity index (χ0n) is 18.0. The zero-order chi connectivity index (χ0) is 21.1. The summed E-state index contributed by atoms with van der Waals surface area (Å²) < 4.78 is 8.12. The highest BCUT2D eigenvalue weighted by Gasteiger charge is 2.26. The lowest BCUT2D eigenvalue weighted by molar-refractivity contribution is 0.0951. The highest BCUT2D eigenvalue weighted by atomic mass is 32.2. The lowest BCUT2D eigenvalue weighted by atomic mass is 10.00. The van der Waals surface area contributed by atoms with E-state index in [1.165, 1.54) is 12.8 Å². The van der Waals surface area contributed by atoms with E-state index in [2.05, 4.69) is 41.5 Å². The van der Waals surface area contributed by atoms with Crippen molar-refractivity contribution in [1.29, 1.82) is 0 Å². The Morgan fingerprint density at radius 3 is 2.63 bits per heavy atom. The molecular formula is C19H31N9OS. The van der Waals surface area contributed by atoms with Crippen LogP contribution in [0, 0.1) is 5.92 Å². The fourth-order valence-corrected chi connectivity index (χ4v) is 4.60. The van der Waals surface area contributed by atoms with Crippen LogP contribution in [0.1, 0.15) is 38.4 Å². The number of hydrogen-bond donors (Lipinski definition) is 1. The molecule has 1 atom stereocenters. The average Bonchev–Trinajstić information content (AvgIpc) is 3.37. The molecule has 2 aliphatic heterocycles. The number of nitrogen functional groups attached to an aromatic ring is 1. The van der Waals surface area contributed by atoms with E-state index in [1.807, 2.05) is 19.0 Å². The fourth-order valence-electron chi connectivity index (χ4n) is 3.80. The first-order chi connectivity index (χ1) is 14.5. The van der Waals surface area contributed by atoms with Crippen LogP contribution in [-0.2, 0) is 17.0 Å². The Morgan fingerprint density at radius 2 is 1.93 bits per heavy atom. The predicted molar refractivity (Wildman–Crippen MR) is 118 cm³/mol. The second kappa shape index (κ2) is 9.34. The van der Waals surface area contributed by atoms with Crippen LogP contribution in [0.15, 0.2) is 5.16 Å². The quantitative estimate of drug-likeness (QED) is 0.649. The smallest absolute Gasteiger partial charge is 0.229 e. The van der Waals surface area contributed by atoms with Gasteiger partial charge in [-0.2, -0.15) is 15.0 Å². The maximum absolute atomic E-state index is 5.90. The number of anilines is 3. The van der Waals surface area contributed by atoms with Gasteiger partial charge in [-0.15, -0.1) is 10.2 Å². The maximum Gasteiger partial charge on any atom is 0.229 e. The first kappa shape index (κ1) is 21.1. The van der Waals surface area contributed by atoms with E-state index in [0.717, 1.165) is 56.1 Å². The van der Waals surface area contributed by atoms with Gasteiger partial charge in [-0.1, -0.05) is 18.7 Å². The normalized spacial score (nSPS) is 20.1. The summed E-state index contributed by atoms with van der Waals surface area (Å²) >= 11 is 1.58. The lowest BCUT2D eigenvalue weighted by Gasteiger charge is -2.31. The van der Waals surface area contributed by atoms with Crippen LogP contribution >= 0.6 is 11.8 Å². The van der Waals surface area contributed by atoms with Gasteiger partial charge in [0.25, 0.3) is 0 Å². The largest absolute Gasteiger partial charge is 0.376 e. The number of hydrogen-bond acceptors (Lipinski definition) is 10. The third kappa shape index (κ3) is 4.94. The topological polar surface area (TPSA) is 111 Å². The van der Waals surface area contributed by atoms with Gasteiger partial charge in [-0.3, -0.25) is 4.57 Å². The van der Waals surface area contributed by atoms with E-state index < -0.39 is 0 Å². The van der Waals surface area contributed by atoms with E-state index >= 15 is 0 Å². The molecule has 11 heteroatoms. The number of aromatic nitrogens is 6. The summed E-state index contributed by atoms with van der Waals surface area (Å²) in [7, 11) is 3.77. The molecular weight excluding hydrogens is 402 g/mol. The van der Waals surface area contributed by atoms with Gasteiger partial charge < -0.3 is 20.3 Å². The zero-order valence-corrected chi connectivity index (χ0v) is 18.8. The molecule has 2 aliphatic rings. The molecule has 164 valence electrons. The fraction of sp³-hybridized carbons (Fsp3) is 0.737. The van der Waals surface area contributed by atoms with E-state index in [9.17, 15) is 0 Å². The molecule has 30 heavy (non-hydrogen) atoms. The minimum atomic E-state index is 0.218. The van der Waals surface area contributed by atoms with Crippen LogP contribution in [0.2, 0.25) is 0 Å². The van der Waals surface area contributed by atoms with Gasteiger partial charge in [0.15, 0.2) is 5.16 Å². The van der Waals surface area contributed by atoms with Crippen molar-refractivity contribution in [3.63, 3.8) is 0 Å². The van der Waals surface area contributed by atoms with Crippen molar-refractivity contribution < 1.29 is 4.74 Å². The second-order valence-corrected chi connectivity index (χ2v) is 9.23. The third-order valence-electron chi connectivity index (χ3n) is 5.59. The number of nitrogens with two attached hydrogens (primary N) is 1. The van der Waals surface area contributed by atoms with Crippen LogP contribution < -0.4 is 15.5 Å². The molecule has 2 N–H and O–H groups in total. The molecule has 4 rings (SSSR count). The van der Waals surface area contributed by atoms with Gasteiger partial charge in [0.2, 0.25) is 17.8 Å². The number of piperidine rings is 1. The first-order valence-corrected chi connectivity index (χ1v) is 11.6. The van der Waals surface area contributed by atoms with Crippen LogP contribution in [0.25, 0.3) is 0 Å². The van der Waals surface area contributed by atoms with E-state index in [-0.39, 0.29) is 12.1 Å². The number of thioether (sulfide) groups is 1. The Labute approximate surface area is 181 Å². The molecule has 4 heterocycles. The maximum atomic E-state index is 5.90. The van der Waals surface area contributed by atoms with Gasteiger partial charge in [0.1, 0.15) is 5.82 Å².